The maximum absolute atomic E-state index is 11.6. The summed E-state index contributed by atoms with van der Waals surface area (Å²) >= 11 is 0. The number of hydrogen-bond donors (Lipinski definition) is 2. The largest absolute Gasteiger partial charge is 0.481 e. The van der Waals surface area contributed by atoms with Crippen LogP contribution < -0.4 is 4.74 Å². The number of esters is 1. The summed E-state index contributed by atoms with van der Waals surface area (Å²) in [6.45, 7) is 7.13. The second-order valence-corrected chi connectivity index (χ2v) is 5.31. The van der Waals surface area contributed by atoms with Crippen molar-refractivity contribution in [2.45, 2.75) is 26.7 Å². The van der Waals surface area contributed by atoms with E-state index in [-0.39, 0.29) is 0 Å². The molecule has 0 aliphatic rings. The molecule has 0 fully saturated rings. The summed E-state index contributed by atoms with van der Waals surface area (Å²) in [6.07, 6.45) is 2.10. The zero-order valence-corrected chi connectivity index (χ0v) is 13.5. The molecule has 0 atom stereocenters. The monoisotopic (exact) mass is 318 g/mol. The molecule has 1 aromatic heterocycles. The van der Waals surface area contributed by atoms with E-state index in [9.17, 15) is 9.59 Å². The second kappa shape index (κ2) is 7.78. The molecule has 0 radical (unpaired) electrons. The summed E-state index contributed by atoms with van der Waals surface area (Å²) < 4.78 is 5.24. The number of H-pyrrole nitrogens is 1. The van der Waals surface area contributed by atoms with Gasteiger partial charge in [0.05, 0.1) is 0 Å². The van der Waals surface area contributed by atoms with Crippen LogP contribution in [0.4, 0.5) is 0 Å². The Morgan fingerprint density at radius 2 is 2.00 bits per heavy atom. The fourth-order valence-corrected chi connectivity index (χ4v) is 2.60. The van der Waals surface area contributed by atoms with E-state index in [0.717, 1.165) is 42.5 Å². The first-order valence-corrected chi connectivity index (χ1v) is 7.79. The molecule has 124 valence electrons. The van der Waals surface area contributed by atoms with Crippen molar-refractivity contribution in [1.29, 1.82) is 0 Å². The number of nitrogens with one attached hydrogen (secondary N) is 1. The van der Waals surface area contributed by atoms with Crippen LogP contribution in [-0.2, 0) is 16.0 Å². The van der Waals surface area contributed by atoms with E-state index in [0.29, 0.717) is 5.75 Å². The Morgan fingerprint density at radius 1 is 1.26 bits per heavy atom. The lowest BCUT2D eigenvalue weighted by atomic mass is 10.1. The van der Waals surface area contributed by atoms with Crippen molar-refractivity contribution in [2.75, 3.05) is 19.6 Å². The van der Waals surface area contributed by atoms with Crippen molar-refractivity contribution in [3.63, 3.8) is 0 Å². The Morgan fingerprint density at radius 3 is 2.65 bits per heavy atom. The Bertz CT molecular complexity index is 689. The molecular weight excluding hydrogens is 296 g/mol. The third kappa shape index (κ3) is 4.32. The van der Waals surface area contributed by atoms with Gasteiger partial charge in [-0.15, -0.1) is 0 Å². The lowest BCUT2D eigenvalue weighted by molar-refractivity contribution is -0.145. The van der Waals surface area contributed by atoms with E-state index in [1.165, 1.54) is 0 Å². The topological polar surface area (TPSA) is 82.6 Å². The van der Waals surface area contributed by atoms with Gasteiger partial charge in [-0.25, -0.2) is 0 Å². The number of fused-ring (bicyclic) bond motifs is 1. The normalized spacial score (nSPS) is 11.1. The van der Waals surface area contributed by atoms with Gasteiger partial charge in [0, 0.05) is 23.6 Å². The Balaban J connectivity index is 2.22. The first-order chi connectivity index (χ1) is 11.0. The van der Waals surface area contributed by atoms with Gasteiger partial charge in [0.25, 0.3) is 0 Å². The van der Waals surface area contributed by atoms with E-state index in [4.69, 9.17) is 9.84 Å². The number of carboxylic acid groups (broad SMARTS) is 1. The first kappa shape index (κ1) is 17.0. The number of rotatable bonds is 8. The molecule has 0 saturated carbocycles. The Kier molecular flexibility index (Phi) is 5.76. The summed E-state index contributed by atoms with van der Waals surface area (Å²) in [6, 6.07) is 5.37. The molecule has 2 rings (SSSR count). The van der Waals surface area contributed by atoms with Crippen LogP contribution in [0.15, 0.2) is 24.4 Å². The lowest BCUT2D eigenvalue weighted by Gasteiger charge is -2.17. The quantitative estimate of drug-likeness (QED) is 0.444. The van der Waals surface area contributed by atoms with Crippen molar-refractivity contribution >= 4 is 22.8 Å². The van der Waals surface area contributed by atoms with Gasteiger partial charge < -0.3 is 19.7 Å². The highest BCUT2D eigenvalue weighted by Gasteiger charge is 2.15. The number of aliphatic carboxylic acids is 1. The van der Waals surface area contributed by atoms with Gasteiger partial charge >= 0.3 is 11.9 Å². The lowest BCUT2D eigenvalue weighted by Crippen LogP contribution is -2.25. The molecule has 2 N–H and O–H groups in total. The predicted molar refractivity (Wildman–Crippen MR) is 87.7 cm³/mol. The molecule has 0 unspecified atom stereocenters. The summed E-state index contributed by atoms with van der Waals surface area (Å²) in [5, 5.41) is 9.52. The van der Waals surface area contributed by atoms with E-state index in [1.54, 1.807) is 12.1 Å². The van der Waals surface area contributed by atoms with Gasteiger partial charge in [-0.1, -0.05) is 19.9 Å². The molecular formula is C17H22N2O4. The molecule has 23 heavy (non-hydrogen) atoms. The van der Waals surface area contributed by atoms with Crippen molar-refractivity contribution in [1.82, 2.24) is 9.88 Å². The third-order valence-electron chi connectivity index (χ3n) is 3.86. The standard InChI is InChI=1S/C17H22N2O4/c1-3-19(4-2)9-8-12-11-18-13-6-5-7-14(17(12)13)23-16(22)10-15(20)21/h5-7,11,18H,3-4,8-10H2,1-2H3,(H,20,21). The van der Waals surface area contributed by atoms with Crippen LogP contribution in [-0.4, -0.2) is 46.6 Å². The van der Waals surface area contributed by atoms with Crippen LogP contribution in [0.5, 0.6) is 5.75 Å². The molecule has 0 bridgehead atoms. The summed E-state index contributed by atoms with van der Waals surface area (Å²) in [4.78, 5) is 27.7. The fourth-order valence-electron chi connectivity index (χ4n) is 2.60. The average Bonchev–Trinajstić information content (AvgIpc) is 2.92. The Labute approximate surface area is 135 Å². The number of nitrogens with zero attached hydrogens (tertiary/aromatic N) is 1. The summed E-state index contributed by atoms with van der Waals surface area (Å²) in [5.74, 6) is -1.55. The minimum atomic E-state index is -1.20. The number of aromatic amines is 1. The van der Waals surface area contributed by atoms with Crippen molar-refractivity contribution in [2.24, 2.45) is 0 Å². The smallest absolute Gasteiger partial charge is 0.322 e. The number of carbonyl (C=O) groups excluding carboxylic acids is 1. The fraction of sp³-hybridized carbons (Fsp3) is 0.412. The molecule has 6 nitrogen and oxygen atoms in total. The molecule has 0 spiro atoms. The zero-order chi connectivity index (χ0) is 16.8. The van der Waals surface area contributed by atoms with Crippen LogP contribution in [0.2, 0.25) is 0 Å². The van der Waals surface area contributed by atoms with Crippen LogP contribution in [0.1, 0.15) is 25.8 Å². The molecule has 0 saturated heterocycles. The second-order valence-electron chi connectivity index (χ2n) is 5.31. The SMILES string of the molecule is CCN(CC)CCc1c[nH]c2cccc(OC(=O)CC(=O)O)c12. The predicted octanol–water partition coefficient (Wildman–Crippen LogP) is 2.43. The zero-order valence-electron chi connectivity index (χ0n) is 13.5. The number of aromatic nitrogens is 1. The van der Waals surface area contributed by atoms with Gasteiger partial charge in [-0.3, -0.25) is 9.59 Å². The summed E-state index contributed by atoms with van der Waals surface area (Å²) in [7, 11) is 0. The number of ether oxygens (including phenoxy) is 1. The molecule has 0 amide bonds. The van der Waals surface area contributed by atoms with Gasteiger partial charge in [0.15, 0.2) is 0 Å². The van der Waals surface area contributed by atoms with Crippen LogP contribution >= 0.6 is 0 Å². The van der Waals surface area contributed by atoms with E-state index < -0.39 is 18.4 Å². The highest BCUT2D eigenvalue weighted by atomic mass is 16.5. The van der Waals surface area contributed by atoms with Crippen LogP contribution in [0.25, 0.3) is 10.9 Å². The number of likely N-dealkylation sites (N-methyl/N-ethyl adjacent to an activating group) is 1. The maximum atomic E-state index is 11.6. The molecule has 0 aliphatic carbocycles. The van der Waals surface area contributed by atoms with Crippen LogP contribution in [0.3, 0.4) is 0 Å². The Hall–Kier alpha value is -2.34. The number of carboxylic acids is 1. The highest BCUT2D eigenvalue weighted by Crippen LogP contribution is 2.29. The van der Waals surface area contributed by atoms with Gasteiger partial charge in [-0.05, 0) is 37.2 Å². The van der Waals surface area contributed by atoms with E-state index >= 15 is 0 Å². The minimum absolute atomic E-state index is 0.407. The highest BCUT2D eigenvalue weighted by molar-refractivity contribution is 5.95. The van der Waals surface area contributed by atoms with Crippen molar-refractivity contribution < 1.29 is 19.4 Å². The number of hydrogen-bond acceptors (Lipinski definition) is 4. The number of carbonyl (C=O) groups is 2. The molecule has 1 heterocycles. The number of benzene rings is 1. The van der Waals surface area contributed by atoms with Crippen LogP contribution in [0, 0.1) is 0 Å². The first-order valence-electron chi connectivity index (χ1n) is 7.79. The minimum Gasteiger partial charge on any atom is -0.481 e. The van der Waals surface area contributed by atoms with Crippen molar-refractivity contribution in [3.8, 4) is 5.75 Å². The molecule has 0 aliphatic heterocycles. The third-order valence-corrected chi connectivity index (χ3v) is 3.86. The maximum Gasteiger partial charge on any atom is 0.322 e. The van der Waals surface area contributed by atoms with Gasteiger partial charge in [0.1, 0.15) is 12.2 Å². The average molecular weight is 318 g/mol. The molecule has 6 heteroatoms. The van der Waals surface area contributed by atoms with E-state index in [2.05, 4.69) is 23.7 Å². The summed E-state index contributed by atoms with van der Waals surface area (Å²) in [5.41, 5.74) is 1.94. The van der Waals surface area contributed by atoms with Gasteiger partial charge in [-0.2, -0.15) is 0 Å². The molecule has 1 aromatic carbocycles. The molecule has 2 aromatic rings. The van der Waals surface area contributed by atoms with Gasteiger partial charge in [0.2, 0.25) is 0 Å². The van der Waals surface area contributed by atoms with E-state index in [1.807, 2.05) is 12.3 Å². The van der Waals surface area contributed by atoms with Crippen molar-refractivity contribution in [3.05, 3.63) is 30.0 Å².